The third kappa shape index (κ3) is 9.20. The van der Waals surface area contributed by atoms with Crippen LogP contribution in [0.3, 0.4) is 0 Å². The second-order valence-corrected chi connectivity index (χ2v) is 8.82. The minimum Gasteiger partial charge on any atom is -0.491 e. The number of hydrogen-bond acceptors (Lipinski definition) is 2. The van der Waals surface area contributed by atoms with Gasteiger partial charge in [0.15, 0.2) is 11.6 Å². The fourth-order valence-corrected chi connectivity index (χ4v) is 4.80. The Bertz CT molecular complexity index is 609. The molecule has 2 rings (SSSR count). The monoisotopic (exact) mass is 401 g/mol. The van der Waals surface area contributed by atoms with Gasteiger partial charge >= 0.3 is 0 Å². The molecule has 2 atom stereocenters. The lowest BCUT2D eigenvalue weighted by atomic mass is 9.74. The standard InChI is InChI=1S/C26H40FNO/c1-2-3-4-5-6-7-8-9-13-23-14-10-11-15-24(23)16-12-19-29-26-18-17-22(21-28)20-25(26)27/h17-18,20,23-24H,2-16,19H2,1H3. The molecule has 0 bridgehead atoms. The number of benzene rings is 1. The quantitative estimate of drug-likeness (QED) is 0.294. The number of unbranched alkanes of at least 4 members (excludes halogenated alkanes) is 7. The fraction of sp³-hybridized carbons (Fsp3) is 0.731. The first-order valence-corrected chi connectivity index (χ1v) is 12.1. The Morgan fingerprint density at radius 3 is 2.17 bits per heavy atom. The third-order valence-corrected chi connectivity index (χ3v) is 6.53. The van der Waals surface area contributed by atoms with Gasteiger partial charge < -0.3 is 4.74 Å². The average Bonchev–Trinajstić information content (AvgIpc) is 2.74. The molecule has 1 aliphatic rings. The Balaban J connectivity index is 1.61. The lowest BCUT2D eigenvalue weighted by Crippen LogP contribution is -2.20. The molecule has 0 saturated heterocycles. The van der Waals surface area contributed by atoms with Crippen LogP contribution in [-0.4, -0.2) is 6.61 Å². The number of hydrogen-bond donors (Lipinski definition) is 0. The van der Waals surface area contributed by atoms with Gasteiger partial charge in [-0.15, -0.1) is 0 Å². The molecule has 0 heterocycles. The Labute approximate surface area is 177 Å². The Morgan fingerprint density at radius 2 is 1.55 bits per heavy atom. The van der Waals surface area contributed by atoms with Crippen LogP contribution in [0.5, 0.6) is 5.75 Å². The van der Waals surface area contributed by atoms with Gasteiger partial charge in [-0.05, 0) is 42.9 Å². The highest BCUT2D eigenvalue weighted by Crippen LogP contribution is 2.36. The summed E-state index contributed by atoms with van der Waals surface area (Å²) in [5.74, 6) is 1.54. The van der Waals surface area contributed by atoms with E-state index in [4.69, 9.17) is 10.00 Å². The van der Waals surface area contributed by atoms with Crippen LogP contribution >= 0.6 is 0 Å². The van der Waals surface area contributed by atoms with Crippen molar-refractivity contribution in [2.75, 3.05) is 6.61 Å². The van der Waals surface area contributed by atoms with E-state index >= 15 is 0 Å². The molecule has 162 valence electrons. The van der Waals surface area contributed by atoms with E-state index in [2.05, 4.69) is 6.92 Å². The summed E-state index contributed by atoms with van der Waals surface area (Å²) in [7, 11) is 0. The number of halogens is 1. The molecule has 1 aliphatic carbocycles. The molecule has 2 unspecified atom stereocenters. The van der Waals surface area contributed by atoms with Crippen LogP contribution in [0.1, 0.15) is 109 Å². The van der Waals surface area contributed by atoms with Gasteiger partial charge in [0.05, 0.1) is 18.2 Å². The molecule has 0 aromatic heterocycles. The highest BCUT2D eigenvalue weighted by atomic mass is 19.1. The van der Waals surface area contributed by atoms with Gasteiger partial charge in [-0.1, -0.05) is 90.4 Å². The number of nitrogens with zero attached hydrogens (tertiary/aromatic N) is 1. The summed E-state index contributed by atoms with van der Waals surface area (Å²) in [4.78, 5) is 0. The first-order chi connectivity index (χ1) is 14.2. The summed E-state index contributed by atoms with van der Waals surface area (Å²) in [6, 6.07) is 6.38. The van der Waals surface area contributed by atoms with E-state index in [1.807, 2.05) is 6.07 Å². The van der Waals surface area contributed by atoms with E-state index in [0.717, 1.165) is 18.3 Å². The number of ether oxygens (including phenoxy) is 1. The molecule has 1 fully saturated rings. The van der Waals surface area contributed by atoms with E-state index in [-0.39, 0.29) is 5.75 Å². The lowest BCUT2D eigenvalue weighted by Gasteiger charge is -2.32. The van der Waals surface area contributed by atoms with Crippen LogP contribution < -0.4 is 4.74 Å². The van der Waals surface area contributed by atoms with Gasteiger partial charge in [0.2, 0.25) is 0 Å². The van der Waals surface area contributed by atoms with Crippen molar-refractivity contribution in [1.82, 2.24) is 0 Å². The average molecular weight is 402 g/mol. The molecular weight excluding hydrogens is 361 g/mol. The van der Waals surface area contributed by atoms with E-state index in [1.54, 1.807) is 12.1 Å². The topological polar surface area (TPSA) is 33.0 Å². The van der Waals surface area contributed by atoms with Crippen LogP contribution in [0.4, 0.5) is 4.39 Å². The van der Waals surface area contributed by atoms with E-state index in [9.17, 15) is 4.39 Å². The smallest absolute Gasteiger partial charge is 0.166 e. The minimum absolute atomic E-state index is 0.267. The van der Waals surface area contributed by atoms with Gasteiger partial charge in [0.1, 0.15) is 0 Å². The maximum atomic E-state index is 13.9. The second-order valence-electron chi connectivity index (χ2n) is 8.82. The van der Waals surface area contributed by atoms with E-state index < -0.39 is 5.82 Å². The molecule has 0 spiro atoms. The van der Waals surface area contributed by atoms with Crippen LogP contribution in [0, 0.1) is 29.0 Å². The van der Waals surface area contributed by atoms with Crippen LogP contribution in [0.25, 0.3) is 0 Å². The molecule has 0 radical (unpaired) electrons. The number of nitriles is 1. The maximum absolute atomic E-state index is 13.9. The zero-order valence-electron chi connectivity index (χ0n) is 18.4. The molecule has 1 aromatic rings. The largest absolute Gasteiger partial charge is 0.491 e. The minimum atomic E-state index is -0.436. The van der Waals surface area contributed by atoms with Crippen LogP contribution in [0.15, 0.2) is 18.2 Å². The summed E-state index contributed by atoms with van der Waals surface area (Å²) >= 11 is 0. The normalized spacial score (nSPS) is 19.1. The highest BCUT2D eigenvalue weighted by Gasteiger charge is 2.24. The third-order valence-electron chi connectivity index (χ3n) is 6.53. The van der Waals surface area contributed by atoms with Gasteiger partial charge in [-0.2, -0.15) is 5.26 Å². The zero-order valence-corrected chi connectivity index (χ0v) is 18.4. The van der Waals surface area contributed by atoms with Gasteiger partial charge in [0.25, 0.3) is 0 Å². The fourth-order valence-electron chi connectivity index (χ4n) is 4.80. The summed E-state index contributed by atoms with van der Waals surface area (Å²) in [5.41, 5.74) is 0.334. The predicted molar refractivity (Wildman–Crippen MR) is 119 cm³/mol. The van der Waals surface area contributed by atoms with Crippen molar-refractivity contribution in [2.45, 2.75) is 103 Å². The van der Waals surface area contributed by atoms with Crippen LogP contribution in [0.2, 0.25) is 0 Å². The molecule has 1 aromatic carbocycles. The summed E-state index contributed by atoms with van der Waals surface area (Å²) in [6.45, 7) is 2.84. The number of rotatable bonds is 14. The van der Waals surface area contributed by atoms with Crippen molar-refractivity contribution >= 4 is 0 Å². The molecule has 0 aliphatic heterocycles. The summed E-state index contributed by atoms with van der Waals surface area (Å²) in [5, 5.41) is 8.81. The van der Waals surface area contributed by atoms with Gasteiger partial charge in [-0.3, -0.25) is 0 Å². The van der Waals surface area contributed by atoms with Gasteiger partial charge in [0, 0.05) is 0 Å². The van der Waals surface area contributed by atoms with E-state index in [1.165, 1.54) is 96.0 Å². The molecule has 2 nitrogen and oxygen atoms in total. The first kappa shape index (κ1) is 23.7. The van der Waals surface area contributed by atoms with Crippen molar-refractivity contribution in [3.63, 3.8) is 0 Å². The molecule has 29 heavy (non-hydrogen) atoms. The molecule has 0 amide bonds. The van der Waals surface area contributed by atoms with Crippen LogP contribution in [-0.2, 0) is 0 Å². The molecule has 3 heteroatoms. The van der Waals surface area contributed by atoms with Crippen molar-refractivity contribution in [3.05, 3.63) is 29.6 Å². The van der Waals surface area contributed by atoms with Crippen molar-refractivity contribution in [2.24, 2.45) is 11.8 Å². The SMILES string of the molecule is CCCCCCCCCCC1CCCCC1CCCOc1ccc(C#N)cc1F. The maximum Gasteiger partial charge on any atom is 0.166 e. The van der Waals surface area contributed by atoms with Crippen molar-refractivity contribution < 1.29 is 9.13 Å². The van der Waals surface area contributed by atoms with Crippen molar-refractivity contribution in [1.29, 1.82) is 5.26 Å². The summed E-state index contributed by atoms with van der Waals surface area (Å²) < 4.78 is 19.5. The van der Waals surface area contributed by atoms with Crippen molar-refractivity contribution in [3.8, 4) is 11.8 Å². The highest BCUT2D eigenvalue weighted by molar-refractivity contribution is 5.35. The Morgan fingerprint density at radius 1 is 0.931 bits per heavy atom. The molecule has 1 saturated carbocycles. The lowest BCUT2D eigenvalue weighted by molar-refractivity contribution is 0.189. The Kier molecular flexibility index (Phi) is 11.8. The second kappa shape index (κ2) is 14.4. The first-order valence-electron chi connectivity index (χ1n) is 12.1. The Hall–Kier alpha value is -1.56. The summed E-state index contributed by atoms with van der Waals surface area (Å²) in [6.07, 6.45) is 20.2. The molecule has 0 N–H and O–H groups in total. The van der Waals surface area contributed by atoms with E-state index in [0.29, 0.717) is 12.2 Å². The zero-order chi connectivity index (χ0) is 20.7. The predicted octanol–water partition coefficient (Wildman–Crippen LogP) is 8.19. The molecular formula is C26H40FNO. The van der Waals surface area contributed by atoms with Gasteiger partial charge in [-0.25, -0.2) is 4.39 Å².